The topological polar surface area (TPSA) is 30.9 Å². The minimum absolute atomic E-state index is 0.0152. The molecule has 3 rings (SSSR count). The van der Waals surface area contributed by atoms with Crippen molar-refractivity contribution in [3.05, 3.63) is 29.3 Å². The van der Waals surface area contributed by atoms with Gasteiger partial charge in [-0.25, -0.2) is 0 Å². The molecule has 0 unspecified atom stereocenters. The van der Waals surface area contributed by atoms with Crippen molar-refractivity contribution in [2.75, 3.05) is 32.8 Å². The molecule has 5 heteroatoms. The summed E-state index contributed by atoms with van der Waals surface area (Å²) in [6.07, 6.45) is 2.18. The van der Waals surface area contributed by atoms with Gasteiger partial charge in [0.1, 0.15) is 11.9 Å². The summed E-state index contributed by atoms with van der Waals surface area (Å²) in [6, 6.07) is 7.64. The Kier molecular flexibility index (Phi) is 4.78. The molecule has 1 aromatic rings. The van der Waals surface area contributed by atoms with Crippen LogP contribution in [0.1, 0.15) is 12.8 Å². The van der Waals surface area contributed by atoms with E-state index in [-0.39, 0.29) is 12.4 Å². The summed E-state index contributed by atoms with van der Waals surface area (Å²) in [7, 11) is 0. The molecular weight excluding hydrogens is 278 g/mol. The van der Waals surface area contributed by atoms with Gasteiger partial charge >= 0.3 is 0 Å². The van der Waals surface area contributed by atoms with Gasteiger partial charge in [0.05, 0.1) is 18.2 Å². The third-order valence-corrected chi connectivity index (χ3v) is 4.04. The largest absolute Gasteiger partial charge is 0.487 e. The highest BCUT2D eigenvalue weighted by Crippen LogP contribution is 2.26. The van der Waals surface area contributed by atoms with Gasteiger partial charge in [0.2, 0.25) is 0 Å². The molecule has 2 saturated heterocycles. The van der Waals surface area contributed by atoms with Gasteiger partial charge in [0.25, 0.3) is 0 Å². The van der Waals surface area contributed by atoms with Gasteiger partial charge in [-0.1, -0.05) is 23.7 Å². The number of likely N-dealkylation sites (tertiary alicyclic amines) is 1. The fraction of sp³-hybridized carbons (Fsp3) is 0.600. The smallest absolute Gasteiger partial charge is 0.159 e. The average Bonchev–Trinajstić information content (AvgIpc) is 3.10. The molecule has 2 fully saturated rings. The van der Waals surface area contributed by atoms with Crippen LogP contribution in [0.4, 0.5) is 0 Å². The molecule has 0 N–H and O–H groups in total. The fourth-order valence-electron chi connectivity index (χ4n) is 2.68. The van der Waals surface area contributed by atoms with Crippen molar-refractivity contribution in [3.8, 4) is 5.75 Å². The molecular formula is C15H20ClNO3. The summed E-state index contributed by atoms with van der Waals surface area (Å²) >= 11 is 6.11. The second-order valence-electron chi connectivity index (χ2n) is 5.22. The molecule has 0 aliphatic carbocycles. The van der Waals surface area contributed by atoms with Gasteiger partial charge in [0, 0.05) is 26.1 Å². The van der Waals surface area contributed by atoms with Crippen LogP contribution >= 0.6 is 11.6 Å². The Bertz CT molecular complexity index is 437. The van der Waals surface area contributed by atoms with E-state index in [9.17, 15) is 0 Å². The van der Waals surface area contributed by atoms with Crippen molar-refractivity contribution in [2.45, 2.75) is 25.2 Å². The zero-order valence-electron chi connectivity index (χ0n) is 11.5. The highest BCUT2D eigenvalue weighted by molar-refractivity contribution is 6.32. The molecule has 20 heavy (non-hydrogen) atoms. The summed E-state index contributed by atoms with van der Waals surface area (Å²) in [5.41, 5.74) is 0. The number of hydrogen-bond acceptors (Lipinski definition) is 4. The highest BCUT2D eigenvalue weighted by Gasteiger charge is 2.26. The molecule has 2 aliphatic rings. The number of hydrogen-bond donors (Lipinski definition) is 0. The van der Waals surface area contributed by atoms with Gasteiger partial charge in [-0.3, -0.25) is 4.90 Å². The minimum Gasteiger partial charge on any atom is -0.487 e. The third kappa shape index (κ3) is 3.64. The van der Waals surface area contributed by atoms with E-state index in [2.05, 4.69) is 4.90 Å². The summed E-state index contributed by atoms with van der Waals surface area (Å²) in [6.45, 7) is 4.44. The molecule has 0 amide bonds. The minimum atomic E-state index is -0.0152. The molecule has 2 aliphatic heterocycles. The maximum absolute atomic E-state index is 6.11. The fourth-order valence-corrected chi connectivity index (χ4v) is 2.86. The van der Waals surface area contributed by atoms with Crippen LogP contribution in [0, 0.1) is 0 Å². The zero-order valence-corrected chi connectivity index (χ0v) is 12.2. The Morgan fingerprint density at radius 1 is 1.25 bits per heavy atom. The number of benzene rings is 1. The maximum atomic E-state index is 6.11. The lowest BCUT2D eigenvalue weighted by atomic mass is 10.3. The molecule has 2 heterocycles. The first-order valence-corrected chi connectivity index (χ1v) is 7.56. The van der Waals surface area contributed by atoms with E-state index in [1.54, 1.807) is 0 Å². The van der Waals surface area contributed by atoms with Crippen molar-refractivity contribution in [1.82, 2.24) is 4.90 Å². The van der Waals surface area contributed by atoms with Crippen LogP contribution in [-0.4, -0.2) is 50.1 Å². The van der Waals surface area contributed by atoms with Gasteiger partial charge in [0.15, 0.2) is 6.29 Å². The normalized spacial score (nSPS) is 24.4. The lowest BCUT2D eigenvalue weighted by molar-refractivity contribution is -0.0509. The number of rotatable bonds is 5. The summed E-state index contributed by atoms with van der Waals surface area (Å²) in [4.78, 5) is 2.40. The Morgan fingerprint density at radius 3 is 2.85 bits per heavy atom. The third-order valence-electron chi connectivity index (χ3n) is 3.73. The lowest BCUT2D eigenvalue weighted by Crippen LogP contribution is -2.28. The van der Waals surface area contributed by atoms with Crippen LogP contribution in [0.25, 0.3) is 0 Å². The Morgan fingerprint density at radius 2 is 2.05 bits per heavy atom. The summed E-state index contributed by atoms with van der Waals surface area (Å²) in [5.74, 6) is 0.781. The summed E-state index contributed by atoms with van der Waals surface area (Å²) < 4.78 is 16.9. The SMILES string of the molecule is Clc1ccccc1O[C@@H]1CCN(CCC2OCCO2)C1. The zero-order chi connectivity index (χ0) is 13.8. The van der Waals surface area contributed by atoms with Crippen LogP contribution in [0.15, 0.2) is 24.3 Å². The number of para-hydroxylation sites is 1. The number of nitrogens with zero attached hydrogens (tertiary/aromatic N) is 1. The number of halogens is 1. The van der Waals surface area contributed by atoms with Crippen molar-refractivity contribution in [1.29, 1.82) is 0 Å². The molecule has 4 nitrogen and oxygen atoms in total. The second kappa shape index (κ2) is 6.76. The standard InChI is InChI=1S/C15H20ClNO3/c16-13-3-1-2-4-14(13)20-12-5-7-17(11-12)8-6-15-18-9-10-19-15/h1-4,12,15H,5-11H2/t12-/m1/s1. The van der Waals surface area contributed by atoms with Crippen molar-refractivity contribution < 1.29 is 14.2 Å². The van der Waals surface area contributed by atoms with Gasteiger partial charge in [-0.15, -0.1) is 0 Å². The summed E-state index contributed by atoms with van der Waals surface area (Å²) in [5, 5.41) is 0.679. The molecule has 1 atom stereocenters. The lowest BCUT2D eigenvalue weighted by Gasteiger charge is -2.18. The Balaban J connectivity index is 1.43. The van der Waals surface area contributed by atoms with Gasteiger partial charge in [-0.05, 0) is 18.6 Å². The average molecular weight is 298 g/mol. The van der Waals surface area contributed by atoms with Crippen molar-refractivity contribution in [3.63, 3.8) is 0 Å². The van der Waals surface area contributed by atoms with Crippen LogP contribution in [-0.2, 0) is 9.47 Å². The van der Waals surface area contributed by atoms with Gasteiger partial charge in [-0.2, -0.15) is 0 Å². The quantitative estimate of drug-likeness (QED) is 0.836. The Hall–Kier alpha value is -0.810. The molecule has 0 spiro atoms. The highest BCUT2D eigenvalue weighted by atomic mass is 35.5. The van der Waals surface area contributed by atoms with E-state index < -0.39 is 0 Å². The van der Waals surface area contributed by atoms with E-state index in [1.807, 2.05) is 24.3 Å². The predicted octanol–water partition coefficient (Wildman–Crippen LogP) is 2.56. The van der Waals surface area contributed by atoms with Crippen LogP contribution in [0.2, 0.25) is 5.02 Å². The monoisotopic (exact) mass is 297 g/mol. The van der Waals surface area contributed by atoms with Crippen LogP contribution in [0.3, 0.4) is 0 Å². The van der Waals surface area contributed by atoms with Crippen LogP contribution in [0.5, 0.6) is 5.75 Å². The van der Waals surface area contributed by atoms with Gasteiger partial charge < -0.3 is 14.2 Å². The van der Waals surface area contributed by atoms with E-state index >= 15 is 0 Å². The molecule has 1 aromatic carbocycles. The van der Waals surface area contributed by atoms with Crippen molar-refractivity contribution >= 4 is 11.6 Å². The molecule has 0 radical (unpaired) electrons. The first-order chi connectivity index (χ1) is 9.81. The van der Waals surface area contributed by atoms with E-state index in [0.29, 0.717) is 5.02 Å². The van der Waals surface area contributed by atoms with Crippen LogP contribution < -0.4 is 4.74 Å². The van der Waals surface area contributed by atoms with Crippen molar-refractivity contribution in [2.24, 2.45) is 0 Å². The Labute approximate surface area is 124 Å². The maximum Gasteiger partial charge on any atom is 0.159 e. The predicted molar refractivity (Wildman–Crippen MR) is 77.2 cm³/mol. The number of ether oxygens (including phenoxy) is 3. The molecule has 110 valence electrons. The molecule has 0 aromatic heterocycles. The second-order valence-corrected chi connectivity index (χ2v) is 5.63. The van der Waals surface area contributed by atoms with E-state index in [4.69, 9.17) is 25.8 Å². The van der Waals surface area contributed by atoms with E-state index in [0.717, 1.165) is 51.4 Å². The first-order valence-electron chi connectivity index (χ1n) is 7.18. The first kappa shape index (κ1) is 14.1. The molecule has 0 bridgehead atoms. The molecule has 0 saturated carbocycles. The van der Waals surface area contributed by atoms with E-state index in [1.165, 1.54) is 0 Å².